The fraction of sp³-hybridized carbons (Fsp3) is 0.667. The molecule has 3 rings (SSSR count). The third-order valence-electron chi connectivity index (χ3n) is 3.74. The maximum absolute atomic E-state index is 12.7. The lowest BCUT2D eigenvalue weighted by atomic mass is 10.1. The van der Waals surface area contributed by atoms with Crippen LogP contribution in [-0.2, 0) is 14.9 Å². The van der Waals surface area contributed by atoms with E-state index in [9.17, 15) is 8.42 Å². The third kappa shape index (κ3) is 2.56. The average Bonchev–Trinajstić information content (AvgIpc) is 2.99. The number of hydrogen-bond donors (Lipinski definition) is 0. The fourth-order valence-corrected chi connectivity index (χ4v) is 4.54. The van der Waals surface area contributed by atoms with Crippen LogP contribution in [0, 0.1) is 0 Å². The second-order valence-corrected chi connectivity index (χ2v) is 6.80. The molecule has 110 valence electrons. The molecule has 3 heterocycles. The van der Waals surface area contributed by atoms with Gasteiger partial charge in [0.2, 0.25) is 0 Å². The average molecular weight is 298 g/mol. The van der Waals surface area contributed by atoms with Gasteiger partial charge in [-0.05, 0) is 18.9 Å². The van der Waals surface area contributed by atoms with Crippen LogP contribution in [0.4, 0.5) is 0 Å². The highest BCUT2D eigenvalue weighted by Crippen LogP contribution is 2.34. The van der Waals surface area contributed by atoms with E-state index in [2.05, 4.69) is 9.97 Å². The van der Waals surface area contributed by atoms with Crippen LogP contribution >= 0.6 is 0 Å². The Hall–Kier alpha value is -1.09. The molecule has 0 aromatic carbocycles. The molecule has 2 aliphatic heterocycles. The number of nitrogens with zero attached hydrogens (tertiary/aromatic N) is 4. The third-order valence-corrected chi connectivity index (χ3v) is 5.79. The molecule has 0 saturated carbocycles. The van der Waals surface area contributed by atoms with Gasteiger partial charge >= 0.3 is 0 Å². The molecule has 2 aliphatic rings. The van der Waals surface area contributed by atoms with Crippen molar-refractivity contribution in [3.8, 4) is 0 Å². The maximum Gasteiger partial charge on any atom is 0.282 e. The van der Waals surface area contributed by atoms with Crippen LogP contribution in [0.15, 0.2) is 18.6 Å². The van der Waals surface area contributed by atoms with E-state index < -0.39 is 10.2 Å². The van der Waals surface area contributed by atoms with Crippen molar-refractivity contribution in [2.45, 2.75) is 18.9 Å². The first-order valence-corrected chi connectivity index (χ1v) is 8.20. The molecule has 1 atom stereocenters. The van der Waals surface area contributed by atoms with Crippen molar-refractivity contribution in [1.82, 2.24) is 18.6 Å². The second kappa shape index (κ2) is 5.72. The molecule has 2 saturated heterocycles. The van der Waals surface area contributed by atoms with Crippen LogP contribution in [0.1, 0.15) is 24.6 Å². The zero-order valence-electron chi connectivity index (χ0n) is 11.2. The number of ether oxygens (including phenoxy) is 1. The molecule has 0 aliphatic carbocycles. The topological polar surface area (TPSA) is 75.6 Å². The molecular weight excluding hydrogens is 280 g/mol. The Balaban J connectivity index is 1.84. The summed E-state index contributed by atoms with van der Waals surface area (Å²) in [7, 11) is -3.43. The van der Waals surface area contributed by atoms with Gasteiger partial charge in [0.15, 0.2) is 0 Å². The zero-order valence-corrected chi connectivity index (χ0v) is 12.0. The van der Waals surface area contributed by atoms with E-state index in [0.717, 1.165) is 18.5 Å². The van der Waals surface area contributed by atoms with Gasteiger partial charge in [-0.15, -0.1) is 0 Å². The van der Waals surface area contributed by atoms with Gasteiger partial charge in [-0.25, -0.2) is 9.97 Å². The summed E-state index contributed by atoms with van der Waals surface area (Å²) in [6, 6.07) is 1.61. The molecule has 0 radical (unpaired) electrons. The van der Waals surface area contributed by atoms with Crippen LogP contribution in [0.25, 0.3) is 0 Å². The van der Waals surface area contributed by atoms with Crippen molar-refractivity contribution in [3.05, 3.63) is 24.3 Å². The van der Waals surface area contributed by atoms with Crippen LogP contribution in [0.5, 0.6) is 0 Å². The monoisotopic (exact) mass is 298 g/mol. The summed E-state index contributed by atoms with van der Waals surface area (Å²) in [5, 5.41) is 0. The van der Waals surface area contributed by atoms with Gasteiger partial charge in [0.25, 0.3) is 10.2 Å². The summed E-state index contributed by atoms with van der Waals surface area (Å²) in [5.41, 5.74) is 0.773. The van der Waals surface area contributed by atoms with Gasteiger partial charge in [0.05, 0.1) is 24.9 Å². The lowest BCUT2D eigenvalue weighted by Crippen LogP contribution is -2.48. The van der Waals surface area contributed by atoms with Crippen LogP contribution in [0.3, 0.4) is 0 Å². The maximum atomic E-state index is 12.7. The van der Waals surface area contributed by atoms with Gasteiger partial charge in [-0.2, -0.15) is 17.0 Å². The molecule has 1 unspecified atom stereocenters. The lowest BCUT2D eigenvalue weighted by molar-refractivity contribution is 0.0698. The van der Waals surface area contributed by atoms with Crippen molar-refractivity contribution >= 4 is 10.2 Å². The van der Waals surface area contributed by atoms with Crippen molar-refractivity contribution in [3.63, 3.8) is 0 Å². The highest BCUT2D eigenvalue weighted by Gasteiger charge is 2.39. The molecule has 1 aromatic rings. The van der Waals surface area contributed by atoms with Gasteiger partial charge in [0, 0.05) is 25.8 Å². The Labute approximate surface area is 118 Å². The lowest BCUT2D eigenvalue weighted by Gasteiger charge is -2.32. The largest absolute Gasteiger partial charge is 0.379 e. The molecule has 20 heavy (non-hydrogen) atoms. The molecule has 8 heteroatoms. The predicted octanol–water partition coefficient (Wildman–Crippen LogP) is 0.190. The molecule has 0 N–H and O–H groups in total. The first-order valence-electron chi connectivity index (χ1n) is 6.80. The van der Waals surface area contributed by atoms with E-state index in [1.54, 1.807) is 16.6 Å². The number of aromatic nitrogens is 2. The first-order chi connectivity index (χ1) is 9.69. The molecular formula is C12H18N4O3S. The minimum atomic E-state index is -3.43. The Morgan fingerprint density at radius 2 is 2.05 bits per heavy atom. The van der Waals surface area contributed by atoms with Gasteiger partial charge in [-0.1, -0.05) is 0 Å². The minimum Gasteiger partial charge on any atom is -0.379 e. The van der Waals surface area contributed by atoms with Gasteiger partial charge < -0.3 is 4.74 Å². The summed E-state index contributed by atoms with van der Waals surface area (Å²) >= 11 is 0. The van der Waals surface area contributed by atoms with E-state index >= 15 is 0 Å². The predicted molar refractivity (Wildman–Crippen MR) is 72.0 cm³/mol. The Morgan fingerprint density at radius 1 is 1.25 bits per heavy atom. The summed E-state index contributed by atoms with van der Waals surface area (Å²) in [5.74, 6) is 0. The number of hydrogen-bond acceptors (Lipinski definition) is 5. The van der Waals surface area contributed by atoms with Gasteiger partial charge in [0.1, 0.15) is 6.33 Å². The molecule has 0 amide bonds. The standard InChI is InChI=1S/C12H18N4O3S/c17-20(18,15-6-8-19-9-7-15)16-5-1-2-12(16)11-3-4-13-10-14-11/h3-4,10,12H,1-2,5-9H2. The smallest absolute Gasteiger partial charge is 0.282 e. The van der Waals surface area contributed by atoms with E-state index in [0.29, 0.717) is 32.8 Å². The Morgan fingerprint density at radius 3 is 2.75 bits per heavy atom. The second-order valence-electron chi connectivity index (χ2n) is 4.92. The van der Waals surface area contributed by atoms with Crippen LogP contribution in [-0.4, -0.2) is 59.8 Å². The Bertz CT molecular complexity index is 545. The highest BCUT2D eigenvalue weighted by molar-refractivity contribution is 7.86. The molecule has 0 spiro atoms. The Kier molecular flexibility index (Phi) is 3.97. The van der Waals surface area contributed by atoms with Crippen LogP contribution in [0.2, 0.25) is 0 Å². The minimum absolute atomic E-state index is 0.175. The summed E-state index contributed by atoms with van der Waals surface area (Å²) in [6.07, 6.45) is 4.78. The van der Waals surface area contributed by atoms with E-state index in [-0.39, 0.29) is 6.04 Å². The van der Waals surface area contributed by atoms with Crippen molar-refractivity contribution in [1.29, 1.82) is 0 Å². The summed E-state index contributed by atoms with van der Waals surface area (Å²) in [4.78, 5) is 8.10. The number of rotatable bonds is 3. The molecule has 1 aromatic heterocycles. The van der Waals surface area contributed by atoms with E-state index in [4.69, 9.17) is 4.74 Å². The summed E-state index contributed by atoms with van der Waals surface area (Å²) < 4.78 is 33.8. The molecule has 0 bridgehead atoms. The zero-order chi connectivity index (χ0) is 14.0. The van der Waals surface area contributed by atoms with Gasteiger partial charge in [-0.3, -0.25) is 0 Å². The SMILES string of the molecule is O=S(=O)(N1CCOCC1)N1CCCC1c1ccncn1. The quantitative estimate of drug-likeness (QED) is 0.796. The normalized spacial score (nSPS) is 25.9. The van der Waals surface area contributed by atoms with E-state index in [1.165, 1.54) is 10.6 Å². The molecule has 2 fully saturated rings. The highest BCUT2D eigenvalue weighted by atomic mass is 32.2. The first kappa shape index (κ1) is 13.9. The molecule has 7 nitrogen and oxygen atoms in total. The summed E-state index contributed by atoms with van der Waals surface area (Å²) in [6.45, 7) is 2.33. The van der Waals surface area contributed by atoms with Crippen molar-refractivity contribution < 1.29 is 13.2 Å². The van der Waals surface area contributed by atoms with E-state index in [1.807, 2.05) is 0 Å². The van der Waals surface area contributed by atoms with Crippen molar-refractivity contribution in [2.24, 2.45) is 0 Å². The fourth-order valence-electron chi connectivity index (χ4n) is 2.74. The van der Waals surface area contributed by atoms with Crippen molar-refractivity contribution in [2.75, 3.05) is 32.8 Å². The number of morpholine rings is 1. The van der Waals surface area contributed by atoms with Crippen LogP contribution < -0.4 is 0 Å².